The van der Waals surface area contributed by atoms with Crippen molar-refractivity contribution in [2.75, 3.05) is 23.8 Å². The van der Waals surface area contributed by atoms with E-state index in [1.807, 2.05) is 78.9 Å². The number of ether oxygens (including phenoxy) is 1. The molecule has 0 fully saturated rings. The van der Waals surface area contributed by atoms with Crippen molar-refractivity contribution in [1.29, 1.82) is 0 Å². The number of guanidine groups is 1. The molecule has 0 bridgehead atoms. The van der Waals surface area contributed by atoms with E-state index in [1.165, 1.54) is 11.8 Å². The minimum atomic E-state index is -0.435. The fourth-order valence-corrected chi connectivity index (χ4v) is 4.60. The van der Waals surface area contributed by atoms with Crippen molar-refractivity contribution < 1.29 is 9.53 Å². The number of nitrogens with zero attached hydrogens (tertiary/aromatic N) is 3. The molecule has 38 heavy (non-hydrogen) atoms. The molecular formula is C30H33N5O2S. The third-order valence-electron chi connectivity index (χ3n) is 5.44. The van der Waals surface area contributed by atoms with E-state index in [0.29, 0.717) is 40.6 Å². The predicted molar refractivity (Wildman–Crippen MR) is 156 cm³/mol. The normalized spacial score (nSPS) is 11.4. The van der Waals surface area contributed by atoms with Gasteiger partial charge in [-0.05, 0) is 42.7 Å². The number of benzene rings is 3. The zero-order valence-corrected chi connectivity index (χ0v) is 22.7. The van der Waals surface area contributed by atoms with Gasteiger partial charge in [-0.2, -0.15) is 5.10 Å². The van der Waals surface area contributed by atoms with Gasteiger partial charge in [-0.15, -0.1) is 0 Å². The van der Waals surface area contributed by atoms with E-state index in [1.54, 1.807) is 11.6 Å². The molecule has 3 aromatic carbocycles. The fourth-order valence-electron chi connectivity index (χ4n) is 3.64. The van der Waals surface area contributed by atoms with Crippen LogP contribution in [0.5, 0.6) is 0 Å². The van der Waals surface area contributed by atoms with Crippen molar-refractivity contribution in [3.63, 3.8) is 0 Å². The number of para-hydroxylation sites is 2. The van der Waals surface area contributed by atoms with Crippen LogP contribution in [0.1, 0.15) is 36.7 Å². The first-order chi connectivity index (χ1) is 18.5. The summed E-state index contributed by atoms with van der Waals surface area (Å²) < 4.78 is 7.25. The van der Waals surface area contributed by atoms with Gasteiger partial charge in [0.25, 0.3) is 0 Å². The molecule has 0 aliphatic rings. The molecule has 4 aromatic rings. The molecule has 0 amide bonds. The van der Waals surface area contributed by atoms with Crippen molar-refractivity contribution in [1.82, 2.24) is 9.78 Å². The molecule has 8 heteroatoms. The zero-order valence-electron chi connectivity index (χ0n) is 21.9. The van der Waals surface area contributed by atoms with Crippen LogP contribution in [0.2, 0.25) is 0 Å². The Morgan fingerprint density at radius 3 is 2.21 bits per heavy atom. The topological polar surface area (TPSA) is 80.5 Å². The van der Waals surface area contributed by atoms with Crippen LogP contribution in [0.3, 0.4) is 0 Å². The third-order valence-corrected chi connectivity index (χ3v) is 6.48. The molecule has 1 aromatic heterocycles. The van der Waals surface area contributed by atoms with Gasteiger partial charge in [-0.25, -0.2) is 9.48 Å². The highest BCUT2D eigenvalue weighted by Gasteiger charge is 2.27. The lowest BCUT2D eigenvalue weighted by Crippen LogP contribution is -2.26. The third kappa shape index (κ3) is 7.26. The maximum absolute atomic E-state index is 13.4. The molecule has 0 atom stereocenters. The summed E-state index contributed by atoms with van der Waals surface area (Å²) in [5, 5.41) is 12.2. The largest absolute Gasteiger partial charge is 0.462 e. The number of hydrogen-bond donors (Lipinski definition) is 2. The number of nitrogens with one attached hydrogen (secondary N) is 2. The van der Waals surface area contributed by atoms with E-state index >= 15 is 0 Å². The van der Waals surface area contributed by atoms with Gasteiger partial charge in [0.05, 0.1) is 12.3 Å². The quantitative estimate of drug-likeness (QED) is 0.101. The highest BCUT2D eigenvalue weighted by atomic mass is 32.2. The Labute approximate surface area is 228 Å². The van der Waals surface area contributed by atoms with Gasteiger partial charge in [-0.3, -0.25) is 4.99 Å². The minimum absolute atomic E-state index is 0.258. The van der Waals surface area contributed by atoms with Crippen LogP contribution < -0.4 is 10.6 Å². The summed E-state index contributed by atoms with van der Waals surface area (Å²) in [5.41, 5.74) is 3.21. The molecule has 4 rings (SSSR count). The van der Waals surface area contributed by atoms with E-state index in [9.17, 15) is 4.79 Å². The number of rotatable bonds is 10. The summed E-state index contributed by atoms with van der Waals surface area (Å²) in [5.74, 6) is 1.60. The number of carbonyl (C=O) groups is 1. The van der Waals surface area contributed by atoms with Gasteiger partial charge >= 0.3 is 5.97 Å². The van der Waals surface area contributed by atoms with E-state index in [-0.39, 0.29) is 6.61 Å². The van der Waals surface area contributed by atoms with Crippen molar-refractivity contribution in [2.24, 2.45) is 10.9 Å². The molecule has 0 spiro atoms. The summed E-state index contributed by atoms with van der Waals surface area (Å²) >= 11 is 1.50. The summed E-state index contributed by atoms with van der Waals surface area (Å²) in [6.07, 6.45) is 0. The predicted octanol–water partition coefficient (Wildman–Crippen LogP) is 6.88. The second kappa shape index (κ2) is 13.5. The molecule has 0 aliphatic heterocycles. The molecule has 1 heterocycles. The number of carbonyl (C=O) groups excluding carboxylic acids is 1. The van der Waals surface area contributed by atoms with Crippen molar-refractivity contribution in [3.8, 4) is 5.69 Å². The Bertz CT molecular complexity index is 1340. The lowest BCUT2D eigenvalue weighted by atomic mass is 10.2. The van der Waals surface area contributed by atoms with Gasteiger partial charge in [-0.1, -0.05) is 92.3 Å². The van der Waals surface area contributed by atoms with Crippen molar-refractivity contribution in [3.05, 3.63) is 102 Å². The molecular weight excluding hydrogens is 494 g/mol. The minimum Gasteiger partial charge on any atom is -0.462 e. The van der Waals surface area contributed by atoms with E-state index in [0.717, 1.165) is 16.9 Å². The molecule has 7 nitrogen and oxygen atoms in total. The first kappa shape index (κ1) is 27.0. The number of aromatic nitrogens is 2. The van der Waals surface area contributed by atoms with Crippen LogP contribution >= 0.6 is 11.8 Å². The summed E-state index contributed by atoms with van der Waals surface area (Å²) in [6, 6.07) is 29.7. The first-order valence-corrected chi connectivity index (χ1v) is 13.7. The van der Waals surface area contributed by atoms with Gasteiger partial charge in [0.15, 0.2) is 5.82 Å². The Kier molecular flexibility index (Phi) is 9.59. The zero-order chi connectivity index (χ0) is 26.7. The number of aliphatic imine (C=N–C) groups is 1. The number of anilines is 2. The van der Waals surface area contributed by atoms with Crippen LogP contribution in [0, 0.1) is 5.92 Å². The SMILES string of the molecule is CCOC(=O)c1c(SCc2ccccc2)nn(-c2ccccc2)c1NC(=NCC(C)C)Nc1ccccc1. The maximum atomic E-state index is 13.4. The van der Waals surface area contributed by atoms with Crippen LogP contribution in [0.25, 0.3) is 5.69 Å². The Morgan fingerprint density at radius 1 is 0.947 bits per heavy atom. The van der Waals surface area contributed by atoms with E-state index < -0.39 is 5.97 Å². The Balaban J connectivity index is 1.79. The van der Waals surface area contributed by atoms with Crippen LogP contribution in [0.15, 0.2) is 101 Å². The molecule has 0 aliphatic carbocycles. The second-order valence-electron chi connectivity index (χ2n) is 8.97. The maximum Gasteiger partial charge on any atom is 0.344 e. The van der Waals surface area contributed by atoms with Crippen molar-refractivity contribution >= 4 is 35.2 Å². The van der Waals surface area contributed by atoms with E-state index in [4.69, 9.17) is 14.8 Å². The summed E-state index contributed by atoms with van der Waals surface area (Å²) in [4.78, 5) is 18.2. The number of esters is 1. The standard InChI is InChI=1S/C30H33N5O2S/c1-4-37-29(36)26-27(33-30(31-20-22(2)3)32-24-16-10-6-11-17-24)35(25-18-12-7-13-19-25)34-28(26)38-21-23-14-8-5-9-15-23/h5-19,22H,4,20-21H2,1-3H3,(H2,31,32,33). The van der Waals surface area contributed by atoms with Gasteiger partial charge in [0, 0.05) is 18.0 Å². The molecule has 0 saturated carbocycles. The average molecular weight is 528 g/mol. The first-order valence-electron chi connectivity index (χ1n) is 12.7. The lowest BCUT2D eigenvalue weighted by Gasteiger charge is -2.16. The lowest BCUT2D eigenvalue weighted by molar-refractivity contribution is 0.0523. The van der Waals surface area contributed by atoms with Crippen LogP contribution in [0.4, 0.5) is 11.5 Å². The Morgan fingerprint density at radius 2 is 1.58 bits per heavy atom. The van der Waals surface area contributed by atoms with Gasteiger partial charge < -0.3 is 15.4 Å². The fraction of sp³-hybridized carbons (Fsp3) is 0.233. The molecule has 0 radical (unpaired) electrons. The molecule has 0 saturated heterocycles. The highest BCUT2D eigenvalue weighted by Crippen LogP contribution is 2.33. The second-order valence-corrected chi connectivity index (χ2v) is 9.93. The van der Waals surface area contributed by atoms with Gasteiger partial charge in [0.1, 0.15) is 10.6 Å². The number of hydrogen-bond acceptors (Lipinski definition) is 5. The average Bonchev–Trinajstić information content (AvgIpc) is 3.30. The van der Waals surface area contributed by atoms with Gasteiger partial charge in [0.2, 0.25) is 5.96 Å². The summed E-state index contributed by atoms with van der Waals surface area (Å²) in [7, 11) is 0. The van der Waals surface area contributed by atoms with Crippen molar-refractivity contribution in [2.45, 2.75) is 31.6 Å². The van der Waals surface area contributed by atoms with Crippen LogP contribution in [-0.4, -0.2) is 34.9 Å². The van der Waals surface area contributed by atoms with Crippen LogP contribution in [-0.2, 0) is 10.5 Å². The summed E-state index contributed by atoms with van der Waals surface area (Å²) in [6.45, 7) is 6.89. The smallest absolute Gasteiger partial charge is 0.344 e. The van der Waals surface area contributed by atoms with E-state index in [2.05, 4.69) is 36.6 Å². The number of thioether (sulfide) groups is 1. The monoisotopic (exact) mass is 527 g/mol. The molecule has 0 unspecified atom stereocenters. The molecule has 2 N–H and O–H groups in total. The highest BCUT2D eigenvalue weighted by molar-refractivity contribution is 7.98. The molecule has 196 valence electrons. The Hall–Kier alpha value is -4.04.